The highest BCUT2D eigenvalue weighted by atomic mass is 35.5. The van der Waals surface area contributed by atoms with Gasteiger partial charge >= 0.3 is 0 Å². The molecule has 2 heterocycles. The first kappa shape index (κ1) is 21.9. The van der Waals surface area contributed by atoms with E-state index in [1.54, 1.807) is 21.7 Å². The van der Waals surface area contributed by atoms with Gasteiger partial charge < -0.3 is 5.32 Å². The molecular weight excluding hydrogens is 412 g/mol. The fourth-order valence-corrected chi connectivity index (χ4v) is 4.84. The third-order valence-electron chi connectivity index (χ3n) is 6.61. The first-order chi connectivity index (χ1) is 14.7. The maximum Gasteiger partial charge on any atom is 0.277 e. The van der Waals surface area contributed by atoms with E-state index in [9.17, 15) is 9.59 Å². The zero-order chi connectivity index (χ0) is 22.3. The summed E-state index contributed by atoms with van der Waals surface area (Å²) >= 11 is 6.30. The van der Waals surface area contributed by atoms with Gasteiger partial charge in [0.15, 0.2) is 0 Å². The Hall–Kier alpha value is -2.34. The van der Waals surface area contributed by atoms with Crippen LogP contribution in [0, 0.1) is 6.92 Å². The minimum atomic E-state index is -1.11. The van der Waals surface area contributed by atoms with Gasteiger partial charge in [-0.15, -0.1) is 0 Å². The lowest BCUT2D eigenvalue weighted by molar-refractivity contribution is -0.127. The molecule has 1 aromatic heterocycles. The Morgan fingerprint density at radius 1 is 1.23 bits per heavy atom. The summed E-state index contributed by atoms with van der Waals surface area (Å²) < 4.78 is 1.70. The Kier molecular flexibility index (Phi) is 5.86. The molecule has 0 saturated heterocycles. The van der Waals surface area contributed by atoms with E-state index in [0.29, 0.717) is 22.9 Å². The van der Waals surface area contributed by atoms with Crippen molar-refractivity contribution in [2.45, 2.75) is 83.8 Å². The number of rotatable bonds is 4. The lowest BCUT2D eigenvalue weighted by atomic mass is 9.90. The van der Waals surface area contributed by atoms with Crippen LogP contribution in [0.5, 0.6) is 0 Å². The van der Waals surface area contributed by atoms with E-state index in [2.05, 4.69) is 10.4 Å². The molecule has 31 heavy (non-hydrogen) atoms. The van der Waals surface area contributed by atoms with Gasteiger partial charge in [-0.3, -0.25) is 19.2 Å². The Bertz CT molecular complexity index is 1010. The molecule has 1 N–H and O–H groups in total. The first-order valence-corrected chi connectivity index (χ1v) is 11.6. The van der Waals surface area contributed by atoms with Crippen molar-refractivity contribution in [3.8, 4) is 0 Å². The number of halogens is 1. The molecule has 0 spiro atoms. The van der Waals surface area contributed by atoms with Gasteiger partial charge in [-0.1, -0.05) is 50.8 Å². The normalized spacial score (nSPS) is 22.0. The van der Waals surface area contributed by atoms with E-state index < -0.39 is 5.54 Å². The molecule has 0 unspecified atom stereocenters. The summed E-state index contributed by atoms with van der Waals surface area (Å²) in [4.78, 5) is 29.1. The number of carbonyl (C=O) groups is 2. The zero-order valence-electron chi connectivity index (χ0n) is 18.7. The van der Waals surface area contributed by atoms with Crippen molar-refractivity contribution in [1.29, 1.82) is 0 Å². The van der Waals surface area contributed by atoms with Crippen molar-refractivity contribution >= 4 is 29.1 Å². The molecule has 1 aliphatic carbocycles. The number of fused-ring (bicyclic) bond motifs is 1. The topological polar surface area (TPSA) is 67.2 Å². The number of hydrogen-bond donors (Lipinski definition) is 1. The summed E-state index contributed by atoms with van der Waals surface area (Å²) in [6.45, 7) is 8.16. The Morgan fingerprint density at radius 3 is 2.61 bits per heavy atom. The number of aryl methyl sites for hydroxylation is 1. The van der Waals surface area contributed by atoms with Crippen molar-refractivity contribution in [3.63, 3.8) is 0 Å². The average Bonchev–Trinajstić information content (AvgIpc) is 3.15. The van der Waals surface area contributed by atoms with Gasteiger partial charge in [-0.25, -0.2) is 0 Å². The van der Waals surface area contributed by atoms with Crippen molar-refractivity contribution in [1.82, 2.24) is 15.1 Å². The number of anilines is 1. The molecule has 0 radical (unpaired) electrons. The van der Waals surface area contributed by atoms with Crippen LogP contribution in [0.4, 0.5) is 5.69 Å². The van der Waals surface area contributed by atoms with Crippen molar-refractivity contribution in [2.24, 2.45) is 0 Å². The van der Waals surface area contributed by atoms with E-state index in [0.717, 1.165) is 36.9 Å². The molecule has 1 atom stereocenters. The molecule has 4 rings (SSSR count). The van der Waals surface area contributed by atoms with E-state index in [4.69, 9.17) is 11.6 Å². The van der Waals surface area contributed by atoms with Crippen LogP contribution in [-0.4, -0.2) is 33.2 Å². The summed E-state index contributed by atoms with van der Waals surface area (Å²) in [7, 11) is 0. The number of amides is 2. The second-order valence-corrected chi connectivity index (χ2v) is 9.86. The van der Waals surface area contributed by atoms with Crippen LogP contribution in [0.2, 0.25) is 5.02 Å². The number of hydrogen-bond acceptors (Lipinski definition) is 3. The quantitative estimate of drug-likeness (QED) is 0.736. The smallest absolute Gasteiger partial charge is 0.277 e. The maximum absolute atomic E-state index is 13.8. The molecule has 1 aliphatic heterocycles. The Labute approximate surface area is 188 Å². The number of nitrogens with one attached hydrogen (secondary N) is 1. The summed E-state index contributed by atoms with van der Waals surface area (Å²) in [5.41, 5.74) is 1.80. The SMILES string of the molecule is Cc1ccc(Cl)cc1N1C(=O)c2cc(C(C)C)nn2C[C@]1(C)C(=O)NC1CCCCC1. The van der Waals surface area contributed by atoms with Gasteiger partial charge in [0.25, 0.3) is 5.91 Å². The molecule has 2 aromatic rings. The third kappa shape index (κ3) is 3.98. The molecule has 166 valence electrons. The zero-order valence-corrected chi connectivity index (χ0v) is 19.5. The van der Waals surface area contributed by atoms with E-state index >= 15 is 0 Å². The van der Waals surface area contributed by atoms with Crippen LogP contribution in [0.15, 0.2) is 24.3 Å². The van der Waals surface area contributed by atoms with Crippen LogP contribution in [0.3, 0.4) is 0 Å². The van der Waals surface area contributed by atoms with E-state index in [-0.39, 0.29) is 23.8 Å². The van der Waals surface area contributed by atoms with Crippen LogP contribution in [0.25, 0.3) is 0 Å². The molecule has 7 heteroatoms. The third-order valence-corrected chi connectivity index (χ3v) is 6.84. The lowest BCUT2D eigenvalue weighted by Crippen LogP contribution is -2.65. The molecular formula is C24H31ClN4O2. The van der Waals surface area contributed by atoms with Crippen LogP contribution < -0.4 is 10.2 Å². The average molecular weight is 443 g/mol. The highest BCUT2D eigenvalue weighted by Gasteiger charge is 2.49. The number of benzene rings is 1. The fourth-order valence-electron chi connectivity index (χ4n) is 4.67. The van der Waals surface area contributed by atoms with Crippen molar-refractivity contribution < 1.29 is 9.59 Å². The Morgan fingerprint density at radius 2 is 1.94 bits per heavy atom. The van der Waals surface area contributed by atoms with Gasteiger partial charge in [0.2, 0.25) is 5.91 Å². The molecule has 1 aromatic carbocycles. The summed E-state index contributed by atoms with van der Waals surface area (Å²) in [6, 6.07) is 7.46. The van der Waals surface area contributed by atoms with Gasteiger partial charge in [0.05, 0.1) is 12.2 Å². The molecule has 0 bridgehead atoms. The maximum atomic E-state index is 13.8. The number of carbonyl (C=O) groups excluding carboxylic acids is 2. The first-order valence-electron chi connectivity index (χ1n) is 11.2. The summed E-state index contributed by atoms with van der Waals surface area (Å²) in [5.74, 6) is -0.175. The van der Waals surface area contributed by atoms with E-state index in [1.807, 2.05) is 39.8 Å². The van der Waals surface area contributed by atoms with Gasteiger partial charge in [-0.2, -0.15) is 5.10 Å². The molecule has 6 nitrogen and oxygen atoms in total. The number of aromatic nitrogens is 2. The monoisotopic (exact) mass is 442 g/mol. The highest BCUT2D eigenvalue weighted by molar-refractivity contribution is 6.31. The molecule has 2 amide bonds. The largest absolute Gasteiger partial charge is 0.351 e. The van der Waals surface area contributed by atoms with Gasteiger partial charge in [0, 0.05) is 16.8 Å². The summed E-state index contributed by atoms with van der Waals surface area (Å²) in [5, 5.41) is 8.43. The van der Waals surface area contributed by atoms with Crippen LogP contribution >= 0.6 is 11.6 Å². The van der Waals surface area contributed by atoms with Gasteiger partial charge in [-0.05, 0) is 56.4 Å². The lowest BCUT2D eigenvalue weighted by Gasteiger charge is -2.44. The molecule has 1 fully saturated rings. The van der Waals surface area contributed by atoms with Crippen molar-refractivity contribution in [2.75, 3.05) is 4.90 Å². The fraction of sp³-hybridized carbons (Fsp3) is 0.542. The number of nitrogens with zero attached hydrogens (tertiary/aromatic N) is 3. The standard InChI is InChI=1S/C24H31ClN4O2/c1-15(2)19-13-21-22(30)29(20-12-17(25)11-10-16(20)3)24(4,14-28(21)27-19)23(31)26-18-8-6-5-7-9-18/h10-13,15,18H,5-9,14H2,1-4H3,(H,26,31)/t24-/m1/s1. The Balaban J connectivity index is 1.79. The van der Waals surface area contributed by atoms with Crippen LogP contribution in [0.1, 0.15) is 80.5 Å². The van der Waals surface area contributed by atoms with Crippen LogP contribution in [-0.2, 0) is 11.3 Å². The second-order valence-electron chi connectivity index (χ2n) is 9.42. The minimum Gasteiger partial charge on any atom is -0.351 e. The second kappa shape index (κ2) is 8.30. The van der Waals surface area contributed by atoms with Crippen molar-refractivity contribution in [3.05, 3.63) is 46.2 Å². The predicted octanol–water partition coefficient (Wildman–Crippen LogP) is 4.84. The predicted molar refractivity (Wildman–Crippen MR) is 123 cm³/mol. The van der Waals surface area contributed by atoms with E-state index in [1.165, 1.54) is 6.42 Å². The molecule has 1 saturated carbocycles. The van der Waals surface area contributed by atoms with Gasteiger partial charge in [0.1, 0.15) is 11.2 Å². The highest BCUT2D eigenvalue weighted by Crippen LogP contribution is 2.36. The molecule has 2 aliphatic rings. The summed E-state index contributed by atoms with van der Waals surface area (Å²) in [6.07, 6.45) is 5.43. The minimum absolute atomic E-state index is 0.139.